The number of halogens is 1. The number of aromatic nitrogens is 3. The summed E-state index contributed by atoms with van der Waals surface area (Å²) in [6.07, 6.45) is 3.05. The predicted octanol–water partition coefficient (Wildman–Crippen LogP) is 3.66. The molecule has 7 heteroatoms. The van der Waals surface area contributed by atoms with Crippen molar-refractivity contribution >= 4 is 17.6 Å². The van der Waals surface area contributed by atoms with Crippen LogP contribution in [0.4, 0.5) is 0 Å². The van der Waals surface area contributed by atoms with Crippen molar-refractivity contribution in [3.63, 3.8) is 0 Å². The Labute approximate surface area is 145 Å². The van der Waals surface area contributed by atoms with Crippen LogP contribution in [0, 0.1) is 5.92 Å². The molecule has 128 valence electrons. The summed E-state index contributed by atoms with van der Waals surface area (Å²) in [6.45, 7) is 7.53. The van der Waals surface area contributed by atoms with Gasteiger partial charge >= 0.3 is 5.97 Å². The van der Waals surface area contributed by atoms with Crippen molar-refractivity contribution < 1.29 is 14.3 Å². The Morgan fingerprint density at radius 2 is 2.04 bits per heavy atom. The lowest BCUT2D eigenvalue weighted by molar-refractivity contribution is 0.00693. The second-order valence-electron chi connectivity index (χ2n) is 6.98. The van der Waals surface area contributed by atoms with E-state index in [0.717, 1.165) is 6.42 Å². The summed E-state index contributed by atoms with van der Waals surface area (Å²) < 4.78 is 12.6. The fraction of sp³-hybridized carbons (Fsp3) is 0.471. The minimum Gasteiger partial charge on any atom is -0.473 e. The zero-order valence-corrected chi connectivity index (χ0v) is 14.9. The van der Waals surface area contributed by atoms with Crippen molar-refractivity contribution in [3.05, 3.63) is 35.1 Å². The normalized spacial score (nSPS) is 19.9. The maximum absolute atomic E-state index is 12.1. The second kappa shape index (κ2) is 6.09. The Balaban J connectivity index is 1.76. The summed E-state index contributed by atoms with van der Waals surface area (Å²) in [5, 5.41) is 4.41. The lowest BCUT2D eigenvalue weighted by Gasteiger charge is -2.19. The molecule has 0 spiro atoms. The van der Waals surface area contributed by atoms with Crippen LogP contribution >= 0.6 is 11.6 Å². The molecule has 0 aliphatic heterocycles. The van der Waals surface area contributed by atoms with Gasteiger partial charge in [-0.2, -0.15) is 0 Å². The van der Waals surface area contributed by atoms with Crippen LogP contribution in [0.15, 0.2) is 24.4 Å². The molecule has 1 aliphatic carbocycles. The molecule has 2 atom stereocenters. The van der Waals surface area contributed by atoms with Gasteiger partial charge in [0.05, 0.1) is 5.56 Å². The van der Waals surface area contributed by atoms with Crippen molar-refractivity contribution in [1.82, 2.24) is 14.8 Å². The van der Waals surface area contributed by atoms with E-state index in [9.17, 15) is 4.79 Å². The minimum absolute atomic E-state index is 0.0792. The van der Waals surface area contributed by atoms with Crippen LogP contribution in [0.5, 0.6) is 5.88 Å². The number of ether oxygens (including phenoxy) is 2. The van der Waals surface area contributed by atoms with Crippen LogP contribution in [-0.4, -0.2) is 32.4 Å². The average molecular weight is 350 g/mol. The first-order valence-electron chi connectivity index (χ1n) is 7.85. The first kappa shape index (κ1) is 16.8. The molecule has 0 unspecified atom stereocenters. The number of nitrogens with zero attached hydrogens (tertiary/aromatic N) is 3. The third-order valence-electron chi connectivity index (χ3n) is 3.56. The van der Waals surface area contributed by atoms with E-state index in [4.69, 9.17) is 21.1 Å². The highest BCUT2D eigenvalue weighted by atomic mass is 35.5. The summed E-state index contributed by atoms with van der Waals surface area (Å²) in [7, 11) is 0. The maximum atomic E-state index is 12.1. The zero-order chi connectivity index (χ0) is 17.5. The second-order valence-corrected chi connectivity index (χ2v) is 7.34. The van der Waals surface area contributed by atoms with Gasteiger partial charge in [0, 0.05) is 12.3 Å². The Kier molecular flexibility index (Phi) is 4.25. The molecule has 0 radical (unpaired) electrons. The topological polar surface area (TPSA) is 66.2 Å². The molecular formula is C17H20ClN3O3. The van der Waals surface area contributed by atoms with E-state index in [1.54, 1.807) is 49.8 Å². The third kappa shape index (κ3) is 3.87. The molecule has 1 aliphatic rings. The van der Waals surface area contributed by atoms with Gasteiger partial charge < -0.3 is 9.47 Å². The molecule has 2 aromatic heterocycles. The van der Waals surface area contributed by atoms with Crippen molar-refractivity contribution in [3.8, 4) is 11.7 Å². The summed E-state index contributed by atoms with van der Waals surface area (Å²) in [6, 6.07) is 5.04. The molecule has 0 amide bonds. The van der Waals surface area contributed by atoms with Crippen LogP contribution < -0.4 is 4.74 Å². The molecule has 1 saturated carbocycles. The van der Waals surface area contributed by atoms with E-state index in [-0.39, 0.29) is 16.8 Å². The number of hydrogen-bond donors (Lipinski definition) is 0. The van der Waals surface area contributed by atoms with Crippen molar-refractivity contribution in [1.29, 1.82) is 0 Å². The van der Waals surface area contributed by atoms with Crippen molar-refractivity contribution in [2.45, 2.75) is 45.8 Å². The largest absolute Gasteiger partial charge is 0.473 e. The van der Waals surface area contributed by atoms with Gasteiger partial charge in [0.25, 0.3) is 0 Å². The Morgan fingerprint density at radius 1 is 1.33 bits per heavy atom. The SMILES string of the molecule is C[C@@H]1C[C@H]1Oc1ccn(-c2ccc(C(=O)OC(C)(C)C)c(Cl)n2)n1. The molecule has 24 heavy (non-hydrogen) atoms. The molecule has 2 heterocycles. The number of esters is 1. The van der Waals surface area contributed by atoms with Crippen molar-refractivity contribution in [2.75, 3.05) is 0 Å². The Morgan fingerprint density at radius 3 is 2.62 bits per heavy atom. The van der Waals surface area contributed by atoms with Gasteiger partial charge in [-0.25, -0.2) is 14.5 Å². The minimum atomic E-state index is -0.590. The van der Waals surface area contributed by atoms with Gasteiger partial charge in [0.2, 0.25) is 5.88 Å². The van der Waals surface area contributed by atoms with Gasteiger partial charge in [-0.1, -0.05) is 18.5 Å². The summed E-state index contributed by atoms with van der Waals surface area (Å²) in [4.78, 5) is 16.3. The summed E-state index contributed by atoms with van der Waals surface area (Å²) in [5.74, 6) is 1.14. The molecule has 0 saturated heterocycles. The first-order valence-corrected chi connectivity index (χ1v) is 8.23. The number of carbonyl (C=O) groups excluding carboxylic acids is 1. The Hall–Kier alpha value is -2.08. The predicted molar refractivity (Wildman–Crippen MR) is 89.7 cm³/mol. The molecule has 3 rings (SSSR count). The standard InChI is InChI=1S/C17H20ClN3O3/c1-10-9-12(10)23-14-7-8-21(20-14)13-6-5-11(15(18)19-13)16(22)24-17(2,3)4/h5-8,10,12H,9H2,1-4H3/t10-,12-/m1/s1. The molecule has 0 bridgehead atoms. The van der Waals surface area contributed by atoms with Gasteiger partial charge in [-0.05, 0) is 45.2 Å². The fourth-order valence-electron chi connectivity index (χ4n) is 2.14. The lowest BCUT2D eigenvalue weighted by Crippen LogP contribution is -2.24. The summed E-state index contributed by atoms with van der Waals surface area (Å²) in [5.41, 5.74) is -0.362. The van der Waals surface area contributed by atoms with E-state index in [1.165, 1.54) is 0 Å². The molecule has 2 aromatic rings. The number of hydrogen-bond acceptors (Lipinski definition) is 5. The van der Waals surface area contributed by atoms with Gasteiger partial charge in [0.15, 0.2) is 5.82 Å². The van der Waals surface area contributed by atoms with Crippen LogP contribution in [0.2, 0.25) is 5.15 Å². The smallest absolute Gasteiger partial charge is 0.341 e. The van der Waals surface area contributed by atoms with Crippen LogP contribution in [0.25, 0.3) is 5.82 Å². The van der Waals surface area contributed by atoms with E-state index in [0.29, 0.717) is 17.6 Å². The molecule has 0 aromatic carbocycles. The number of carbonyl (C=O) groups is 1. The van der Waals surface area contributed by atoms with E-state index >= 15 is 0 Å². The van der Waals surface area contributed by atoms with Crippen LogP contribution in [0.1, 0.15) is 44.5 Å². The molecule has 0 N–H and O–H groups in total. The van der Waals surface area contributed by atoms with Gasteiger partial charge in [-0.15, -0.1) is 5.10 Å². The van der Waals surface area contributed by atoms with Gasteiger partial charge in [0.1, 0.15) is 16.9 Å². The number of rotatable bonds is 4. The quantitative estimate of drug-likeness (QED) is 0.622. The zero-order valence-electron chi connectivity index (χ0n) is 14.1. The first-order chi connectivity index (χ1) is 11.2. The molecule has 1 fully saturated rings. The highest BCUT2D eigenvalue weighted by Crippen LogP contribution is 2.33. The fourth-order valence-corrected chi connectivity index (χ4v) is 2.37. The molecule has 6 nitrogen and oxygen atoms in total. The van der Waals surface area contributed by atoms with Crippen LogP contribution in [0.3, 0.4) is 0 Å². The molecular weight excluding hydrogens is 330 g/mol. The average Bonchev–Trinajstić information content (AvgIpc) is 2.96. The summed E-state index contributed by atoms with van der Waals surface area (Å²) >= 11 is 6.14. The van der Waals surface area contributed by atoms with E-state index in [2.05, 4.69) is 17.0 Å². The number of pyridine rings is 1. The Bertz CT molecular complexity index is 767. The third-order valence-corrected chi connectivity index (χ3v) is 3.85. The highest BCUT2D eigenvalue weighted by molar-refractivity contribution is 6.32. The lowest BCUT2D eigenvalue weighted by atomic mass is 10.2. The highest BCUT2D eigenvalue weighted by Gasteiger charge is 2.35. The van der Waals surface area contributed by atoms with Crippen LogP contribution in [-0.2, 0) is 4.74 Å². The van der Waals surface area contributed by atoms with E-state index < -0.39 is 11.6 Å². The van der Waals surface area contributed by atoms with Gasteiger partial charge in [-0.3, -0.25) is 0 Å². The van der Waals surface area contributed by atoms with Crippen molar-refractivity contribution in [2.24, 2.45) is 5.92 Å². The monoisotopic (exact) mass is 349 g/mol. The maximum Gasteiger partial charge on any atom is 0.341 e. The van der Waals surface area contributed by atoms with E-state index in [1.807, 2.05) is 0 Å².